The van der Waals surface area contributed by atoms with Gasteiger partial charge in [-0.25, -0.2) is 4.98 Å². The Morgan fingerprint density at radius 1 is 1.25 bits per heavy atom. The van der Waals surface area contributed by atoms with Crippen molar-refractivity contribution in [1.82, 2.24) is 9.97 Å². The van der Waals surface area contributed by atoms with Gasteiger partial charge in [0.2, 0.25) is 0 Å². The number of aryl methyl sites for hydroxylation is 1. The van der Waals surface area contributed by atoms with E-state index < -0.39 is 0 Å². The second kappa shape index (κ2) is 6.52. The summed E-state index contributed by atoms with van der Waals surface area (Å²) < 4.78 is 0.701. The van der Waals surface area contributed by atoms with Crippen molar-refractivity contribution < 1.29 is 0 Å². The lowest BCUT2D eigenvalue weighted by atomic mass is 10.0. The summed E-state index contributed by atoms with van der Waals surface area (Å²) in [5.41, 5.74) is 3.09. The highest BCUT2D eigenvalue weighted by molar-refractivity contribution is 14.1. The van der Waals surface area contributed by atoms with Crippen LogP contribution < -0.4 is 5.56 Å². The van der Waals surface area contributed by atoms with E-state index in [-0.39, 0.29) is 5.56 Å². The number of H-pyrrole nitrogens is 1. The Morgan fingerprint density at radius 3 is 2.45 bits per heavy atom. The van der Waals surface area contributed by atoms with E-state index in [4.69, 9.17) is 0 Å². The molecule has 1 aromatic heterocycles. The molecule has 1 aromatic carbocycles. The summed E-state index contributed by atoms with van der Waals surface area (Å²) in [5.74, 6) is 1.16. The van der Waals surface area contributed by atoms with Crippen molar-refractivity contribution in [2.24, 2.45) is 0 Å². The Morgan fingerprint density at radius 2 is 1.90 bits per heavy atom. The molecule has 1 N–H and O–H groups in total. The monoisotopic (exact) mass is 382 g/mol. The van der Waals surface area contributed by atoms with Gasteiger partial charge in [-0.2, -0.15) is 0 Å². The van der Waals surface area contributed by atoms with Crippen molar-refractivity contribution in [3.63, 3.8) is 0 Å². The molecule has 0 aliphatic rings. The van der Waals surface area contributed by atoms with Crippen molar-refractivity contribution in [3.8, 4) is 11.4 Å². The molecule has 3 nitrogen and oxygen atoms in total. The van der Waals surface area contributed by atoms with Gasteiger partial charge in [0.25, 0.3) is 5.56 Å². The molecule has 106 valence electrons. The van der Waals surface area contributed by atoms with Crippen molar-refractivity contribution in [3.05, 3.63) is 49.4 Å². The number of nitrogens with zero attached hydrogens (tertiary/aromatic N) is 1. The molecule has 0 saturated carbocycles. The van der Waals surface area contributed by atoms with Crippen LogP contribution in [-0.4, -0.2) is 9.97 Å². The number of halogens is 1. The van der Waals surface area contributed by atoms with Crippen LogP contribution in [0.25, 0.3) is 11.4 Å². The molecular formula is C16H19IN2O. The normalized spacial score (nSPS) is 11.1. The minimum atomic E-state index is -0.0491. The molecule has 0 atom stereocenters. The highest BCUT2D eigenvalue weighted by Gasteiger charge is 2.10. The van der Waals surface area contributed by atoms with E-state index >= 15 is 0 Å². The highest BCUT2D eigenvalue weighted by Crippen LogP contribution is 2.20. The van der Waals surface area contributed by atoms with Crippen LogP contribution in [0.2, 0.25) is 0 Å². The molecule has 0 radical (unpaired) electrons. The molecule has 4 heteroatoms. The number of rotatable bonds is 4. The van der Waals surface area contributed by atoms with Crippen LogP contribution in [-0.2, 0) is 6.42 Å². The third-order valence-electron chi connectivity index (χ3n) is 3.27. The fourth-order valence-corrected chi connectivity index (χ4v) is 2.60. The van der Waals surface area contributed by atoms with Crippen molar-refractivity contribution in [1.29, 1.82) is 0 Å². The van der Waals surface area contributed by atoms with Crippen LogP contribution in [0.1, 0.15) is 44.4 Å². The number of hydrogen-bond donors (Lipinski definition) is 1. The minimum absolute atomic E-state index is 0.0491. The zero-order valence-electron chi connectivity index (χ0n) is 12.0. The van der Waals surface area contributed by atoms with E-state index in [1.165, 1.54) is 5.56 Å². The number of aromatic nitrogens is 2. The first-order chi connectivity index (χ1) is 9.52. The van der Waals surface area contributed by atoms with Crippen molar-refractivity contribution in [2.45, 2.75) is 39.5 Å². The summed E-state index contributed by atoms with van der Waals surface area (Å²) >= 11 is 2.07. The zero-order valence-corrected chi connectivity index (χ0v) is 14.2. The lowest BCUT2D eigenvalue weighted by Gasteiger charge is -2.08. The van der Waals surface area contributed by atoms with E-state index in [1.807, 2.05) is 12.1 Å². The molecule has 0 fully saturated rings. The summed E-state index contributed by atoms with van der Waals surface area (Å²) in [5, 5.41) is 0. The molecule has 20 heavy (non-hydrogen) atoms. The first kappa shape index (κ1) is 15.2. The van der Waals surface area contributed by atoms with Crippen LogP contribution in [0.4, 0.5) is 0 Å². The predicted molar refractivity (Wildman–Crippen MR) is 91.1 cm³/mol. The summed E-state index contributed by atoms with van der Waals surface area (Å²) in [4.78, 5) is 19.5. The zero-order chi connectivity index (χ0) is 14.7. The molecule has 0 amide bonds. The van der Waals surface area contributed by atoms with Crippen molar-refractivity contribution >= 4 is 22.6 Å². The molecular weight excluding hydrogens is 363 g/mol. The van der Waals surface area contributed by atoms with Gasteiger partial charge in [0.05, 0.1) is 9.26 Å². The number of aromatic amines is 1. The van der Waals surface area contributed by atoms with Crippen molar-refractivity contribution in [2.75, 3.05) is 0 Å². The molecule has 0 spiro atoms. The molecule has 1 heterocycles. The van der Waals surface area contributed by atoms with Crippen LogP contribution in [0, 0.1) is 3.57 Å². The van der Waals surface area contributed by atoms with Gasteiger partial charge in [0.1, 0.15) is 5.82 Å². The molecule has 2 aromatic rings. The molecule has 0 saturated heterocycles. The van der Waals surface area contributed by atoms with E-state index in [1.54, 1.807) is 0 Å². The van der Waals surface area contributed by atoms with E-state index in [2.05, 4.69) is 65.5 Å². The van der Waals surface area contributed by atoms with Gasteiger partial charge in [-0.15, -0.1) is 0 Å². The van der Waals surface area contributed by atoms with Gasteiger partial charge < -0.3 is 4.98 Å². The van der Waals surface area contributed by atoms with Gasteiger partial charge in [-0.05, 0) is 40.5 Å². The van der Waals surface area contributed by atoms with E-state index in [0.29, 0.717) is 15.3 Å². The van der Waals surface area contributed by atoms with E-state index in [0.717, 1.165) is 24.1 Å². The third kappa shape index (κ3) is 3.29. The summed E-state index contributed by atoms with van der Waals surface area (Å²) in [6.45, 7) is 6.43. The Balaban J connectivity index is 2.44. The summed E-state index contributed by atoms with van der Waals surface area (Å²) in [7, 11) is 0. The number of benzene rings is 1. The number of nitrogens with one attached hydrogen (secondary N) is 1. The molecule has 0 aliphatic carbocycles. The molecule has 0 unspecified atom stereocenters. The lowest BCUT2D eigenvalue weighted by Crippen LogP contribution is -2.16. The summed E-state index contributed by atoms with van der Waals surface area (Å²) in [6, 6.07) is 8.24. The SMILES string of the molecule is CCCc1nc(-c2ccc(C(C)C)cc2)[nH]c(=O)c1I. The average molecular weight is 382 g/mol. The molecule has 0 aliphatic heterocycles. The smallest absolute Gasteiger partial charge is 0.264 e. The maximum absolute atomic E-state index is 12.0. The fraction of sp³-hybridized carbons (Fsp3) is 0.375. The lowest BCUT2D eigenvalue weighted by molar-refractivity contribution is 0.858. The molecule has 0 bridgehead atoms. The topological polar surface area (TPSA) is 45.8 Å². The van der Waals surface area contributed by atoms with Crippen LogP contribution in [0.5, 0.6) is 0 Å². The Labute approximate surface area is 133 Å². The standard InChI is InChI=1S/C16H19IN2O/c1-4-5-13-14(17)16(20)19-15(18-13)12-8-6-11(7-9-12)10(2)3/h6-10H,4-5H2,1-3H3,(H,18,19,20). The van der Waals surface area contributed by atoms with Crippen LogP contribution in [0.15, 0.2) is 29.1 Å². The van der Waals surface area contributed by atoms with Gasteiger partial charge in [-0.3, -0.25) is 4.79 Å². The third-order valence-corrected chi connectivity index (χ3v) is 4.38. The second-order valence-corrected chi connectivity index (χ2v) is 6.28. The average Bonchev–Trinajstić information content (AvgIpc) is 2.44. The maximum Gasteiger partial charge on any atom is 0.264 e. The Kier molecular flexibility index (Phi) is 4.96. The molecule has 2 rings (SSSR count). The summed E-state index contributed by atoms with van der Waals surface area (Å²) in [6.07, 6.45) is 1.82. The van der Waals surface area contributed by atoms with E-state index in [9.17, 15) is 4.79 Å². The van der Waals surface area contributed by atoms with Gasteiger partial charge in [0, 0.05) is 5.56 Å². The maximum atomic E-state index is 12.0. The van der Waals surface area contributed by atoms with Crippen LogP contribution >= 0.6 is 22.6 Å². The highest BCUT2D eigenvalue weighted by atomic mass is 127. The van der Waals surface area contributed by atoms with Crippen LogP contribution in [0.3, 0.4) is 0 Å². The number of hydrogen-bond acceptors (Lipinski definition) is 2. The fourth-order valence-electron chi connectivity index (χ4n) is 2.07. The first-order valence-electron chi connectivity index (χ1n) is 6.92. The largest absolute Gasteiger partial charge is 0.306 e. The first-order valence-corrected chi connectivity index (χ1v) is 7.99. The van der Waals surface area contributed by atoms with Gasteiger partial charge >= 0.3 is 0 Å². The Hall–Kier alpha value is -1.17. The van der Waals surface area contributed by atoms with Gasteiger partial charge in [0.15, 0.2) is 0 Å². The predicted octanol–water partition coefficient (Wildman–Crippen LogP) is 4.12. The Bertz CT molecular complexity index is 645. The minimum Gasteiger partial charge on any atom is -0.306 e. The quantitative estimate of drug-likeness (QED) is 0.809. The second-order valence-electron chi connectivity index (χ2n) is 5.20. The van der Waals surface area contributed by atoms with Gasteiger partial charge in [-0.1, -0.05) is 51.5 Å².